The first kappa shape index (κ1) is 31.6. The molecule has 5 rings (SSSR count). The summed E-state index contributed by atoms with van der Waals surface area (Å²) in [7, 11) is 4.66. The molecule has 2 aliphatic rings. The smallest absolute Gasteiger partial charge is 0.255 e. The summed E-state index contributed by atoms with van der Waals surface area (Å²) in [4.78, 5) is 46.3. The predicted octanol–water partition coefficient (Wildman–Crippen LogP) is 3.75. The van der Waals surface area contributed by atoms with E-state index in [4.69, 9.17) is 14.2 Å². The summed E-state index contributed by atoms with van der Waals surface area (Å²) >= 11 is 0. The summed E-state index contributed by atoms with van der Waals surface area (Å²) in [5.74, 6) is 1.19. The molecular formula is C34H41N5O6. The van der Waals surface area contributed by atoms with E-state index >= 15 is 0 Å². The molecule has 2 aliphatic heterocycles. The van der Waals surface area contributed by atoms with Gasteiger partial charge in [0.25, 0.3) is 17.7 Å². The fraction of sp³-hybridized carbons (Fsp3) is 0.382. The van der Waals surface area contributed by atoms with E-state index in [2.05, 4.69) is 15.5 Å². The Morgan fingerprint density at radius 2 is 1.40 bits per heavy atom. The molecular weight excluding hydrogens is 574 g/mol. The average Bonchev–Trinajstić information content (AvgIpc) is 3.51. The second-order valence-electron chi connectivity index (χ2n) is 11.0. The fourth-order valence-corrected chi connectivity index (χ4v) is 5.75. The Kier molecular flexibility index (Phi) is 10.4. The Bertz CT molecular complexity index is 1520. The Labute approximate surface area is 264 Å². The maximum absolute atomic E-state index is 13.5. The molecule has 3 aromatic carbocycles. The molecule has 2 fully saturated rings. The van der Waals surface area contributed by atoms with Gasteiger partial charge in [0, 0.05) is 62.5 Å². The number of methoxy groups -OCH3 is 3. The summed E-state index contributed by atoms with van der Waals surface area (Å²) in [5, 5.41) is 6.40. The molecule has 3 amide bonds. The molecule has 238 valence electrons. The van der Waals surface area contributed by atoms with Crippen LogP contribution in [0.4, 0.5) is 11.4 Å². The highest BCUT2D eigenvalue weighted by Crippen LogP contribution is 2.31. The van der Waals surface area contributed by atoms with Crippen LogP contribution in [0.25, 0.3) is 0 Å². The number of rotatable bonds is 8. The zero-order chi connectivity index (χ0) is 31.8. The molecule has 3 aromatic rings. The average molecular weight is 616 g/mol. The largest absolute Gasteiger partial charge is 0.497 e. The van der Waals surface area contributed by atoms with Crippen LogP contribution < -0.4 is 29.7 Å². The number of carbonyl (C=O) groups excluding carboxylic acids is 3. The molecule has 2 N–H and O–H groups in total. The van der Waals surface area contributed by atoms with Crippen LogP contribution >= 0.6 is 0 Å². The molecule has 11 heteroatoms. The van der Waals surface area contributed by atoms with Crippen molar-refractivity contribution in [3.8, 4) is 17.2 Å². The third-order valence-corrected chi connectivity index (χ3v) is 8.21. The molecule has 0 unspecified atom stereocenters. The van der Waals surface area contributed by atoms with Crippen LogP contribution in [0, 0.1) is 0 Å². The number of ether oxygens (including phenoxy) is 3. The Hall–Kier alpha value is -4.77. The Morgan fingerprint density at radius 1 is 0.667 bits per heavy atom. The number of amides is 3. The first-order valence-corrected chi connectivity index (χ1v) is 15.3. The Balaban J connectivity index is 1.39. The fourth-order valence-electron chi connectivity index (χ4n) is 5.75. The topological polar surface area (TPSA) is 113 Å². The van der Waals surface area contributed by atoms with Crippen molar-refractivity contribution in [1.29, 1.82) is 0 Å². The van der Waals surface area contributed by atoms with Crippen molar-refractivity contribution < 1.29 is 28.6 Å². The van der Waals surface area contributed by atoms with Gasteiger partial charge in [-0.25, -0.2) is 0 Å². The van der Waals surface area contributed by atoms with Gasteiger partial charge in [-0.2, -0.15) is 0 Å². The van der Waals surface area contributed by atoms with Crippen molar-refractivity contribution in [2.75, 3.05) is 83.9 Å². The van der Waals surface area contributed by atoms with Crippen LogP contribution in [0.1, 0.15) is 43.9 Å². The van der Waals surface area contributed by atoms with Gasteiger partial charge in [-0.3, -0.25) is 14.4 Å². The molecule has 0 saturated carbocycles. The van der Waals surface area contributed by atoms with Gasteiger partial charge in [0.05, 0.1) is 32.7 Å². The second kappa shape index (κ2) is 14.8. The van der Waals surface area contributed by atoms with Crippen molar-refractivity contribution >= 4 is 29.1 Å². The number of benzene rings is 3. The van der Waals surface area contributed by atoms with Crippen LogP contribution in [0.2, 0.25) is 0 Å². The second-order valence-corrected chi connectivity index (χ2v) is 11.0. The van der Waals surface area contributed by atoms with Gasteiger partial charge in [-0.1, -0.05) is 6.07 Å². The molecule has 0 spiro atoms. The Morgan fingerprint density at radius 3 is 2.18 bits per heavy atom. The summed E-state index contributed by atoms with van der Waals surface area (Å²) in [6.45, 7) is 5.21. The lowest BCUT2D eigenvalue weighted by atomic mass is 10.1. The van der Waals surface area contributed by atoms with E-state index in [1.165, 1.54) is 0 Å². The molecule has 0 aromatic heterocycles. The van der Waals surface area contributed by atoms with E-state index in [9.17, 15) is 14.4 Å². The van der Waals surface area contributed by atoms with Gasteiger partial charge in [0.1, 0.15) is 5.75 Å². The number of nitrogens with zero attached hydrogens (tertiary/aromatic N) is 3. The molecule has 0 atom stereocenters. The lowest BCUT2D eigenvalue weighted by Crippen LogP contribution is -2.35. The maximum atomic E-state index is 13.5. The van der Waals surface area contributed by atoms with E-state index in [0.29, 0.717) is 78.9 Å². The van der Waals surface area contributed by atoms with Gasteiger partial charge >= 0.3 is 0 Å². The standard InChI is InChI=1S/C34H41N5O6/c1-43-27-8-4-7-24(21-27)32(40)36-28-22-25(33(41)38-15-5-13-35-14-18-38)9-11-29(28)37-16-6-17-39(20-19-37)34(42)26-10-12-30(44-2)31(23-26)45-3/h4,7-12,21-23,35H,5-6,13-20H2,1-3H3,(H,36,40). The molecule has 0 bridgehead atoms. The maximum Gasteiger partial charge on any atom is 0.255 e. The van der Waals surface area contributed by atoms with Crippen molar-refractivity contribution in [1.82, 2.24) is 15.1 Å². The van der Waals surface area contributed by atoms with Crippen molar-refractivity contribution in [3.63, 3.8) is 0 Å². The van der Waals surface area contributed by atoms with Gasteiger partial charge in [-0.15, -0.1) is 0 Å². The molecule has 2 heterocycles. The predicted molar refractivity (Wildman–Crippen MR) is 173 cm³/mol. The number of nitrogens with one attached hydrogen (secondary N) is 2. The van der Waals surface area contributed by atoms with Crippen LogP contribution in [-0.2, 0) is 0 Å². The van der Waals surface area contributed by atoms with Gasteiger partial charge in [0.15, 0.2) is 11.5 Å². The summed E-state index contributed by atoms with van der Waals surface area (Å²) < 4.78 is 16.0. The summed E-state index contributed by atoms with van der Waals surface area (Å²) in [6, 6.07) is 17.6. The van der Waals surface area contributed by atoms with Crippen LogP contribution in [-0.4, -0.2) is 101 Å². The zero-order valence-electron chi connectivity index (χ0n) is 26.1. The molecule has 45 heavy (non-hydrogen) atoms. The van der Waals surface area contributed by atoms with Crippen LogP contribution in [0.15, 0.2) is 60.7 Å². The van der Waals surface area contributed by atoms with E-state index in [1.807, 2.05) is 21.9 Å². The minimum absolute atomic E-state index is 0.0651. The van der Waals surface area contributed by atoms with Crippen molar-refractivity contribution in [2.45, 2.75) is 12.8 Å². The van der Waals surface area contributed by atoms with Gasteiger partial charge in [0.2, 0.25) is 0 Å². The first-order valence-electron chi connectivity index (χ1n) is 15.3. The highest BCUT2D eigenvalue weighted by Gasteiger charge is 2.25. The quantitative estimate of drug-likeness (QED) is 0.394. The molecule has 2 saturated heterocycles. The third kappa shape index (κ3) is 7.49. The van der Waals surface area contributed by atoms with Crippen molar-refractivity contribution in [3.05, 3.63) is 77.4 Å². The van der Waals surface area contributed by atoms with E-state index in [-0.39, 0.29) is 17.7 Å². The summed E-state index contributed by atoms with van der Waals surface area (Å²) in [6.07, 6.45) is 1.61. The van der Waals surface area contributed by atoms with Crippen molar-refractivity contribution in [2.24, 2.45) is 0 Å². The zero-order valence-corrected chi connectivity index (χ0v) is 26.1. The first-order chi connectivity index (χ1) is 21.9. The minimum Gasteiger partial charge on any atom is -0.497 e. The van der Waals surface area contributed by atoms with Gasteiger partial charge in [-0.05, 0) is 74.0 Å². The normalized spacial score (nSPS) is 15.5. The molecule has 11 nitrogen and oxygen atoms in total. The van der Waals surface area contributed by atoms with Gasteiger partial charge < -0.3 is 39.5 Å². The van der Waals surface area contributed by atoms with Crippen LogP contribution in [0.3, 0.4) is 0 Å². The SMILES string of the molecule is COc1cccc(C(=O)Nc2cc(C(=O)N3CCCNCC3)ccc2N2CCCN(C(=O)c3ccc(OC)c(OC)c3)CC2)c1. The van der Waals surface area contributed by atoms with E-state index in [1.54, 1.807) is 69.9 Å². The monoisotopic (exact) mass is 615 g/mol. The lowest BCUT2D eigenvalue weighted by Gasteiger charge is -2.27. The highest BCUT2D eigenvalue weighted by molar-refractivity contribution is 6.07. The number of hydrogen-bond acceptors (Lipinski definition) is 8. The number of hydrogen-bond donors (Lipinski definition) is 2. The van der Waals surface area contributed by atoms with E-state index < -0.39 is 0 Å². The summed E-state index contributed by atoms with van der Waals surface area (Å²) in [5.41, 5.74) is 2.82. The number of carbonyl (C=O) groups is 3. The van der Waals surface area contributed by atoms with Crippen LogP contribution in [0.5, 0.6) is 17.2 Å². The molecule has 0 radical (unpaired) electrons. The highest BCUT2D eigenvalue weighted by atomic mass is 16.5. The number of anilines is 2. The van der Waals surface area contributed by atoms with E-state index in [0.717, 1.165) is 31.6 Å². The minimum atomic E-state index is -0.307. The lowest BCUT2D eigenvalue weighted by molar-refractivity contribution is 0.0759. The molecule has 0 aliphatic carbocycles. The third-order valence-electron chi connectivity index (χ3n) is 8.21.